The van der Waals surface area contributed by atoms with Gasteiger partial charge in [-0.3, -0.25) is 4.79 Å². The fourth-order valence-corrected chi connectivity index (χ4v) is 5.47. The molecule has 2 aromatic rings. The van der Waals surface area contributed by atoms with Gasteiger partial charge in [0, 0.05) is 17.1 Å². The van der Waals surface area contributed by atoms with Gasteiger partial charge in [0.1, 0.15) is 6.54 Å². The van der Waals surface area contributed by atoms with Crippen molar-refractivity contribution in [2.24, 2.45) is 0 Å². The summed E-state index contributed by atoms with van der Waals surface area (Å²) in [5, 5.41) is 9.87. The average Bonchev–Trinajstić information content (AvgIpc) is 3.16. The average molecular weight is 490 g/mol. The van der Waals surface area contributed by atoms with Crippen LogP contribution in [0.2, 0.25) is 10.0 Å². The molecule has 0 N–H and O–H groups in total. The molecule has 33 heavy (non-hydrogen) atoms. The summed E-state index contributed by atoms with van der Waals surface area (Å²) in [4.78, 5) is 30.1. The third-order valence-corrected chi connectivity index (χ3v) is 7.22. The van der Waals surface area contributed by atoms with E-state index < -0.39 is 11.6 Å². The molecule has 3 atom stereocenters. The maximum atomic E-state index is 14.0. The molecule has 2 fully saturated rings. The van der Waals surface area contributed by atoms with Gasteiger partial charge in [-0.05, 0) is 42.8 Å². The predicted octanol–water partition coefficient (Wildman–Crippen LogP) is 5.54. The van der Waals surface area contributed by atoms with Gasteiger partial charge in [0.2, 0.25) is 0 Å². The Morgan fingerprint density at radius 3 is 2.21 bits per heavy atom. The van der Waals surface area contributed by atoms with E-state index in [4.69, 9.17) is 28.5 Å². The third kappa shape index (κ3) is 4.10. The number of hydrogen-bond donors (Lipinski definition) is 0. The number of imide groups is 1. The molecular weight excluding hydrogens is 459 g/mol. The Hall–Kier alpha value is -2.59. The molecule has 176 valence electrons. The number of likely N-dealkylation sites (N-methyl/N-ethyl adjacent to an activating group) is 2. The summed E-state index contributed by atoms with van der Waals surface area (Å²) in [6.07, 6.45) is 0. The minimum Gasteiger partial charge on any atom is -0.323 e. The van der Waals surface area contributed by atoms with Crippen LogP contribution in [0.15, 0.2) is 42.5 Å². The van der Waals surface area contributed by atoms with E-state index in [-0.39, 0.29) is 26.7 Å². The first-order chi connectivity index (χ1) is 14.6. The Kier molecular flexibility index (Phi) is 7.55. The standard InChI is InChI=1S/C23H23Cl2N4O2.2CH4/c1-4-29(3)13-20(16-7-5-15(12-26)6-8-16)23(14-29)21(30)28(22(31)27(23)2)19-10-17(24)9-18(25)11-19;;/h5-11,20H,4,13-14H2,1-3H3;2*1H4/q+1;;/t20-,23+,29?;;/m0../s1. The van der Waals surface area contributed by atoms with E-state index in [1.807, 2.05) is 12.1 Å². The molecule has 1 unspecified atom stereocenters. The number of anilines is 1. The normalized spacial score (nSPS) is 26.2. The van der Waals surface area contributed by atoms with E-state index in [0.717, 1.165) is 12.1 Å². The molecule has 6 nitrogen and oxygen atoms in total. The number of hydrogen-bond acceptors (Lipinski definition) is 3. The monoisotopic (exact) mass is 489 g/mol. The number of amides is 3. The second-order valence-corrected chi connectivity index (χ2v) is 9.47. The van der Waals surface area contributed by atoms with Crippen molar-refractivity contribution in [1.82, 2.24) is 4.90 Å². The molecular formula is C25H31Cl2N4O2+. The number of carbonyl (C=O) groups is 2. The van der Waals surface area contributed by atoms with Crippen LogP contribution in [0.5, 0.6) is 0 Å². The lowest BCUT2D eigenvalue weighted by molar-refractivity contribution is -0.897. The third-order valence-electron chi connectivity index (χ3n) is 6.78. The van der Waals surface area contributed by atoms with Gasteiger partial charge in [-0.15, -0.1) is 0 Å². The van der Waals surface area contributed by atoms with Crippen LogP contribution >= 0.6 is 23.2 Å². The zero-order chi connectivity index (χ0) is 22.6. The van der Waals surface area contributed by atoms with Crippen molar-refractivity contribution in [2.75, 3.05) is 38.6 Å². The van der Waals surface area contributed by atoms with Gasteiger partial charge in [-0.25, -0.2) is 9.69 Å². The van der Waals surface area contributed by atoms with Crippen LogP contribution in [-0.4, -0.2) is 60.6 Å². The molecule has 2 aliphatic heterocycles. The smallest absolute Gasteiger partial charge is 0.323 e. The molecule has 3 amide bonds. The van der Waals surface area contributed by atoms with E-state index in [1.165, 1.54) is 4.90 Å². The molecule has 0 saturated carbocycles. The highest BCUT2D eigenvalue weighted by molar-refractivity contribution is 6.35. The molecule has 2 saturated heterocycles. The van der Waals surface area contributed by atoms with Crippen molar-refractivity contribution < 1.29 is 14.1 Å². The van der Waals surface area contributed by atoms with Crippen LogP contribution in [-0.2, 0) is 4.79 Å². The van der Waals surface area contributed by atoms with Crippen molar-refractivity contribution in [2.45, 2.75) is 33.2 Å². The first-order valence-corrected chi connectivity index (χ1v) is 10.8. The Morgan fingerprint density at radius 2 is 1.70 bits per heavy atom. The number of carbonyl (C=O) groups excluding carboxylic acids is 2. The van der Waals surface area contributed by atoms with E-state index in [2.05, 4.69) is 20.0 Å². The fraction of sp³-hybridized carbons (Fsp3) is 0.400. The molecule has 4 rings (SSSR count). The van der Waals surface area contributed by atoms with Crippen LogP contribution < -0.4 is 4.90 Å². The number of halogens is 2. The van der Waals surface area contributed by atoms with Gasteiger partial charge in [0.15, 0.2) is 5.54 Å². The summed E-state index contributed by atoms with van der Waals surface area (Å²) >= 11 is 12.3. The van der Waals surface area contributed by atoms with E-state index in [0.29, 0.717) is 38.9 Å². The second-order valence-electron chi connectivity index (χ2n) is 8.60. The lowest BCUT2D eigenvalue weighted by atomic mass is 9.80. The predicted molar refractivity (Wildman–Crippen MR) is 134 cm³/mol. The Balaban J connectivity index is 0.00000193. The summed E-state index contributed by atoms with van der Waals surface area (Å²) in [6.45, 7) is 4.12. The van der Waals surface area contributed by atoms with Gasteiger partial charge < -0.3 is 9.38 Å². The minimum absolute atomic E-state index is 0. The molecule has 0 aromatic heterocycles. The van der Waals surface area contributed by atoms with Gasteiger partial charge in [0.05, 0.1) is 43.4 Å². The molecule has 2 heterocycles. The summed E-state index contributed by atoms with van der Waals surface area (Å²) in [5.41, 5.74) is 0.826. The molecule has 8 heteroatoms. The van der Waals surface area contributed by atoms with Crippen LogP contribution in [0.25, 0.3) is 0 Å². The number of quaternary nitrogens is 1. The number of nitriles is 1. The number of benzene rings is 2. The van der Waals surface area contributed by atoms with Crippen molar-refractivity contribution in [3.63, 3.8) is 0 Å². The SMILES string of the molecule is C.C.CC[N+]1(C)C[C@@H](c2ccc(C#N)cc2)[C@]2(C1)C(=O)N(c1cc(Cl)cc(Cl)c1)C(=O)N2C. The highest BCUT2D eigenvalue weighted by Gasteiger charge is 2.68. The molecule has 1 spiro atoms. The summed E-state index contributed by atoms with van der Waals surface area (Å²) in [6, 6.07) is 13.8. The first kappa shape index (κ1) is 26.7. The van der Waals surface area contributed by atoms with Gasteiger partial charge in [-0.1, -0.05) is 50.2 Å². The van der Waals surface area contributed by atoms with Gasteiger partial charge in [-0.2, -0.15) is 5.26 Å². The van der Waals surface area contributed by atoms with E-state index in [9.17, 15) is 9.59 Å². The second kappa shape index (κ2) is 9.34. The highest BCUT2D eigenvalue weighted by Crippen LogP contribution is 2.48. The Labute approximate surface area is 206 Å². The molecule has 0 bridgehead atoms. The topological polar surface area (TPSA) is 64.4 Å². The zero-order valence-corrected chi connectivity index (χ0v) is 19.1. The van der Waals surface area contributed by atoms with Crippen molar-refractivity contribution in [3.8, 4) is 6.07 Å². The fourth-order valence-electron chi connectivity index (χ4n) is 4.96. The maximum absolute atomic E-state index is 14.0. The van der Waals surface area contributed by atoms with Crippen LogP contribution in [0.3, 0.4) is 0 Å². The van der Waals surface area contributed by atoms with Gasteiger partial charge in [0.25, 0.3) is 5.91 Å². The van der Waals surface area contributed by atoms with Crippen molar-refractivity contribution in [1.29, 1.82) is 5.26 Å². The highest BCUT2D eigenvalue weighted by atomic mass is 35.5. The Morgan fingerprint density at radius 1 is 1.12 bits per heavy atom. The lowest BCUT2D eigenvalue weighted by Crippen LogP contribution is -2.55. The van der Waals surface area contributed by atoms with Crippen molar-refractivity contribution in [3.05, 3.63) is 63.6 Å². The molecule has 0 aliphatic carbocycles. The van der Waals surface area contributed by atoms with Gasteiger partial charge >= 0.3 is 6.03 Å². The van der Waals surface area contributed by atoms with Crippen LogP contribution in [0, 0.1) is 11.3 Å². The van der Waals surface area contributed by atoms with E-state index in [1.54, 1.807) is 42.3 Å². The number of likely N-dealkylation sites (tertiary alicyclic amines) is 1. The van der Waals surface area contributed by atoms with Crippen molar-refractivity contribution >= 4 is 40.8 Å². The van der Waals surface area contributed by atoms with Crippen LogP contribution in [0.4, 0.5) is 10.5 Å². The lowest BCUT2D eigenvalue weighted by Gasteiger charge is -2.33. The maximum Gasteiger partial charge on any atom is 0.332 e. The summed E-state index contributed by atoms with van der Waals surface area (Å²) in [7, 11) is 3.80. The largest absolute Gasteiger partial charge is 0.332 e. The molecule has 2 aromatic carbocycles. The number of rotatable bonds is 3. The molecule has 0 radical (unpaired) electrons. The van der Waals surface area contributed by atoms with E-state index >= 15 is 0 Å². The summed E-state index contributed by atoms with van der Waals surface area (Å²) < 4.78 is 0.651. The zero-order valence-electron chi connectivity index (χ0n) is 17.6. The quantitative estimate of drug-likeness (QED) is 0.419. The first-order valence-electron chi connectivity index (χ1n) is 10.1. The van der Waals surface area contributed by atoms with Crippen LogP contribution in [0.1, 0.15) is 38.8 Å². The minimum atomic E-state index is -1.04. The number of nitrogens with zero attached hydrogens (tertiary/aromatic N) is 4. The Bertz CT molecular complexity index is 1090. The molecule has 2 aliphatic rings. The number of urea groups is 1. The summed E-state index contributed by atoms with van der Waals surface area (Å²) in [5.74, 6) is -0.491.